The van der Waals surface area contributed by atoms with Gasteiger partial charge in [0.25, 0.3) is 0 Å². The molecular formula is C52H53IrN2OSi. The van der Waals surface area contributed by atoms with Gasteiger partial charge in [0.15, 0.2) is 0 Å². The SMILES string of the molecule is CC(C)c1c[c-]c(-c2cc(CC3CCCC3)c([Si](C)(C)C)cn2)cc1.Cc1cc(C)c(-n2c(-c3[c-]ccc4c3oc3ccccc34)[c-]c3ccccc32)c(C)c1.[Ir+3]. The predicted molar refractivity (Wildman–Crippen MR) is 239 cm³/mol. The Morgan fingerprint density at radius 3 is 2.26 bits per heavy atom. The van der Waals surface area contributed by atoms with E-state index in [1.165, 1.54) is 60.0 Å². The van der Waals surface area contributed by atoms with Crippen molar-refractivity contribution in [2.45, 2.75) is 92.3 Å². The maximum Gasteiger partial charge on any atom is 3.00 e. The number of hydrogen-bond acceptors (Lipinski definition) is 2. The van der Waals surface area contributed by atoms with Crippen LogP contribution in [0.15, 0.2) is 108 Å². The second-order valence-electron chi connectivity index (χ2n) is 17.3. The second-order valence-corrected chi connectivity index (χ2v) is 22.3. The van der Waals surface area contributed by atoms with Crippen molar-refractivity contribution in [1.82, 2.24) is 9.55 Å². The van der Waals surface area contributed by atoms with Crippen LogP contribution in [-0.2, 0) is 26.5 Å². The quantitative estimate of drug-likeness (QED) is 0.118. The molecule has 290 valence electrons. The fourth-order valence-corrected chi connectivity index (χ4v) is 10.4. The minimum absolute atomic E-state index is 0. The first kappa shape index (κ1) is 40.6. The van der Waals surface area contributed by atoms with E-state index in [1.807, 2.05) is 18.2 Å². The molecule has 3 heterocycles. The smallest absolute Gasteiger partial charge is 0.510 e. The van der Waals surface area contributed by atoms with E-state index in [1.54, 1.807) is 10.8 Å². The average molecular weight is 942 g/mol. The van der Waals surface area contributed by atoms with Gasteiger partial charge in [0.05, 0.1) is 8.07 Å². The van der Waals surface area contributed by atoms with Crippen molar-refractivity contribution in [3.63, 3.8) is 0 Å². The maximum absolute atomic E-state index is 6.34. The predicted octanol–water partition coefficient (Wildman–Crippen LogP) is 13.7. The minimum atomic E-state index is -1.37. The molecule has 0 spiro atoms. The third kappa shape index (κ3) is 8.26. The molecule has 0 amide bonds. The Kier molecular flexibility index (Phi) is 11.9. The van der Waals surface area contributed by atoms with Crippen LogP contribution in [0.2, 0.25) is 19.6 Å². The van der Waals surface area contributed by atoms with Gasteiger partial charge in [0.1, 0.15) is 5.58 Å². The fraction of sp³-hybridized carbons (Fsp3) is 0.288. The molecule has 3 nitrogen and oxygen atoms in total. The van der Waals surface area contributed by atoms with Crippen molar-refractivity contribution < 1.29 is 24.5 Å². The van der Waals surface area contributed by atoms with E-state index in [0.29, 0.717) is 5.92 Å². The first-order valence-corrected chi connectivity index (χ1v) is 23.9. The van der Waals surface area contributed by atoms with Gasteiger partial charge in [-0.25, -0.2) is 0 Å². The number of pyridine rings is 1. The zero-order valence-electron chi connectivity index (χ0n) is 34.6. The molecule has 0 N–H and O–H groups in total. The van der Waals surface area contributed by atoms with E-state index in [0.717, 1.165) is 61.3 Å². The van der Waals surface area contributed by atoms with E-state index < -0.39 is 8.07 Å². The molecule has 0 saturated heterocycles. The molecule has 5 heteroatoms. The summed E-state index contributed by atoms with van der Waals surface area (Å²) in [6.45, 7) is 18.3. The first-order valence-electron chi connectivity index (χ1n) is 20.4. The molecule has 1 saturated carbocycles. The van der Waals surface area contributed by atoms with Crippen LogP contribution in [0.3, 0.4) is 0 Å². The molecule has 9 rings (SSSR count). The number of aromatic nitrogens is 2. The molecule has 57 heavy (non-hydrogen) atoms. The van der Waals surface area contributed by atoms with E-state index in [4.69, 9.17) is 9.40 Å². The molecule has 0 radical (unpaired) electrons. The Balaban J connectivity index is 0.000000175. The van der Waals surface area contributed by atoms with Gasteiger partial charge in [0, 0.05) is 22.9 Å². The third-order valence-electron chi connectivity index (χ3n) is 11.6. The van der Waals surface area contributed by atoms with Gasteiger partial charge in [-0.05, 0) is 66.7 Å². The number of nitrogens with zero attached hydrogens (tertiary/aromatic N) is 2. The number of para-hydroxylation sites is 2. The summed E-state index contributed by atoms with van der Waals surface area (Å²) in [5.41, 5.74) is 14.8. The van der Waals surface area contributed by atoms with Crippen molar-refractivity contribution in [2.24, 2.45) is 5.92 Å². The molecule has 5 aromatic carbocycles. The molecule has 1 aliphatic carbocycles. The maximum atomic E-state index is 6.34. The summed E-state index contributed by atoms with van der Waals surface area (Å²) in [7, 11) is -1.37. The van der Waals surface area contributed by atoms with Gasteiger partial charge >= 0.3 is 20.1 Å². The number of hydrogen-bond donors (Lipinski definition) is 0. The van der Waals surface area contributed by atoms with Crippen LogP contribution in [0.1, 0.15) is 73.3 Å². The molecular weight excluding hydrogens is 889 g/mol. The van der Waals surface area contributed by atoms with Gasteiger partial charge < -0.3 is 14.0 Å². The van der Waals surface area contributed by atoms with Crippen LogP contribution >= 0.6 is 0 Å². The number of fused-ring (bicyclic) bond motifs is 4. The van der Waals surface area contributed by atoms with Crippen LogP contribution in [0, 0.1) is 44.9 Å². The summed E-state index contributed by atoms with van der Waals surface area (Å²) in [5.74, 6) is 1.42. The van der Waals surface area contributed by atoms with Gasteiger partial charge in [0.2, 0.25) is 0 Å². The molecule has 3 aromatic heterocycles. The molecule has 0 unspecified atom stereocenters. The number of furan rings is 1. The van der Waals surface area contributed by atoms with Gasteiger partial charge in [-0.3, -0.25) is 0 Å². The Labute approximate surface area is 353 Å². The van der Waals surface area contributed by atoms with Crippen molar-refractivity contribution >= 4 is 46.1 Å². The molecule has 1 fully saturated rings. The van der Waals surface area contributed by atoms with Crippen molar-refractivity contribution in [3.05, 3.63) is 149 Å². The molecule has 8 aromatic rings. The normalized spacial score (nSPS) is 13.4. The first-order chi connectivity index (χ1) is 27.0. The Morgan fingerprint density at radius 2 is 1.56 bits per heavy atom. The largest absolute Gasteiger partial charge is 3.00 e. The van der Waals surface area contributed by atoms with E-state index >= 15 is 0 Å². The second kappa shape index (κ2) is 16.7. The van der Waals surface area contributed by atoms with Crippen LogP contribution in [0.4, 0.5) is 0 Å². The number of aryl methyl sites for hydroxylation is 3. The zero-order chi connectivity index (χ0) is 39.1. The number of rotatable bonds is 7. The summed E-state index contributed by atoms with van der Waals surface area (Å²) in [6.07, 6.45) is 9.04. The summed E-state index contributed by atoms with van der Waals surface area (Å²) in [4.78, 5) is 4.83. The van der Waals surface area contributed by atoms with Crippen molar-refractivity contribution in [2.75, 3.05) is 0 Å². The monoisotopic (exact) mass is 942 g/mol. The Morgan fingerprint density at radius 1 is 0.842 bits per heavy atom. The molecule has 1 aliphatic rings. The minimum Gasteiger partial charge on any atom is -0.510 e. The van der Waals surface area contributed by atoms with E-state index in [-0.39, 0.29) is 20.1 Å². The molecule has 0 bridgehead atoms. The van der Waals surface area contributed by atoms with Gasteiger partial charge in [-0.1, -0.05) is 130 Å². The Hall–Kier alpha value is -4.54. The number of benzene rings is 5. The van der Waals surface area contributed by atoms with Crippen LogP contribution in [0.25, 0.3) is 61.0 Å². The molecule has 0 aliphatic heterocycles. The standard InChI is InChI=1S/C29H21NO.C23H32NSi.Ir/c1-18-15-19(2)28(20(3)16-18)30-25-13-6-4-9-21(25)17-26(30)24-12-8-11-23-22-10-5-7-14-27(22)31-29(23)24;1-17(2)19-10-12-20(13-11-19)22-15-21(14-18-8-6-7-9-18)23(16-24-22)25(3,4)5;/h4-11,13-16H,1-3H3;10-12,15-18H,6-9,14H2,1-5H3;/q-2;-1;+3. The summed E-state index contributed by atoms with van der Waals surface area (Å²) >= 11 is 0. The van der Waals surface area contributed by atoms with E-state index in [2.05, 4.69) is 162 Å². The fourth-order valence-electron chi connectivity index (χ4n) is 8.85. The summed E-state index contributed by atoms with van der Waals surface area (Å²) in [6, 6.07) is 44.7. The summed E-state index contributed by atoms with van der Waals surface area (Å²) < 4.78 is 8.66. The summed E-state index contributed by atoms with van der Waals surface area (Å²) in [5, 5.41) is 4.85. The van der Waals surface area contributed by atoms with Gasteiger partial charge in [-0.15, -0.1) is 64.7 Å². The van der Waals surface area contributed by atoms with Gasteiger partial charge in [-0.2, -0.15) is 23.8 Å². The topological polar surface area (TPSA) is 31.0 Å². The third-order valence-corrected chi connectivity index (χ3v) is 13.7. The Bertz CT molecular complexity index is 2650. The van der Waals surface area contributed by atoms with Crippen LogP contribution in [-0.4, -0.2) is 17.6 Å². The zero-order valence-corrected chi connectivity index (χ0v) is 38.0. The molecule has 0 atom stereocenters. The van der Waals surface area contributed by atoms with Crippen LogP contribution in [0.5, 0.6) is 0 Å². The average Bonchev–Trinajstić information content (AvgIpc) is 3.92. The van der Waals surface area contributed by atoms with Crippen molar-refractivity contribution in [1.29, 1.82) is 0 Å². The van der Waals surface area contributed by atoms with E-state index in [9.17, 15) is 0 Å². The van der Waals surface area contributed by atoms with Crippen LogP contribution < -0.4 is 5.19 Å². The van der Waals surface area contributed by atoms with Crippen molar-refractivity contribution in [3.8, 4) is 28.2 Å².